The smallest absolute Gasteiger partial charge is 0.298 e. The van der Waals surface area contributed by atoms with Gasteiger partial charge < -0.3 is 4.42 Å². The summed E-state index contributed by atoms with van der Waals surface area (Å²) in [5.74, 6) is 0.655. The van der Waals surface area contributed by atoms with Gasteiger partial charge in [0, 0.05) is 21.1 Å². The molecule has 4 nitrogen and oxygen atoms in total. The van der Waals surface area contributed by atoms with Crippen LogP contribution in [0.1, 0.15) is 5.76 Å². The lowest BCUT2D eigenvalue weighted by Gasteiger charge is -2.12. The van der Waals surface area contributed by atoms with Crippen molar-refractivity contribution in [3.8, 4) is 11.3 Å². The lowest BCUT2D eigenvalue weighted by molar-refractivity contribution is -0.113. The SMILES string of the molecule is O=C1S/C(=C/c2ccc(-c3ccc(Br)c(Cl)c3)o2)C(=O)N1c1cccc(Cl)c1. The summed E-state index contributed by atoms with van der Waals surface area (Å²) < 4.78 is 6.59. The third-order valence-electron chi connectivity index (χ3n) is 3.96. The van der Waals surface area contributed by atoms with Crippen molar-refractivity contribution < 1.29 is 14.0 Å². The van der Waals surface area contributed by atoms with Crippen LogP contribution in [0.5, 0.6) is 0 Å². The van der Waals surface area contributed by atoms with Crippen LogP contribution in [-0.4, -0.2) is 11.1 Å². The van der Waals surface area contributed by atoms with Gasteiger partial charge in [0.1, 0.15) is 11.5 Å². The van der Waals surface area contributed by atoms with Crippen LogP contribution >= 0.6 is 50.9 Å². The summed E-state index contributed by atoms with van der Waals surface area (Å²) in [5, 5.41) is 0.632. The Morgan fingerprint density at radius 3 is 2.61 bits per heavy atom. The Morgan fingerprint density at radius 1 is 1.04 bits per heavy atom. The molecule has 2 amide bonds. The molecule has 0 N–H and O–H groups in total. The monoisotopic (exact) mass is 493 g/mol. The highest BCUT2D eigenvalue weighted by Crippen LogP contribution is 2.37. The van der Waals surface area contributed by atoms with Crippen molar-refractivity contribution in [2.75, 3.05) is 4.90 Å². The Morgan fingerprint density at radius 2 is 1.86 bits per heavy atom. The lowest BCUT2D eigenvalue weighted by Crippen LogP contribution is -2.27. The first-order valence-corrected chi connectivity index (χ1v) is 10.4. The molecule has 0 aliphatic carbocycles. The van der Waals surface area contributed by atoms with Crippen molar-refractivity contribution in [3.63, 3.8) is 0 Å². The zero-order valence-electron chi connectivity index (χ0n) is 14.0. The molecule has 1 aliphatic heterocycles. The van der Waals surface area contributed by atoms with E-state index in [1.165, 1.54) is 0 Å². The van der Waals surface area contributed by atoms with E-state index in [4.69, 9.17) is 27.6 Å². The van der Waals surface area contributed by atoms with E-state index >= 15 is 0 Å². The quantitative estimate of drug-likeness (QED) is 0.359. The molecule has 0 bridgehead atoms. The molecule has 0 saturated carbocycles. The molecule has 3 aromatic rings. The Hall–Kier alpha value is -1.99. The maximum absolute atomic E-state index is 12.7. The van der Waals surface area contributed by atoms with Crippen LogP contribution in [0.25, 0.3) is 17.4 Å². The summed E-state index contributed by atoms with van der Waals surface area (Å²) in [6.07, 6.45) is 1.55. The van der Waals surface area contributed by atoms with Gasteiger partial charge in [-0.1, -0.05) is 35.3 Å². The summed E-state index contributed by atoms with van der Waals surface area (Å²) in [5.41, 5.74) is 1.24. The third kappa shape index (κ3) is 3.78. The molecule has 1 saturated heterocycles. The van der Waals surface area contributed by atoms with E-state index in [0.717, 1.165) is 26.7 Å². The highest BCUT2D eigenvalue weighted by molar-refractivity contribution is 9.10. The number of benzene rings is 2. The first-order chi connectivity index (χ1) is 13.4. The van der Waals surface area contributed by atoms with E-state index in [2.05, 4.69) is 15.9 Å². The average Bonchev–Trinajstić information content (AvgIpc) is 3.22. The second kappa shape index (κ2) is 7.79. The Balaban J connectivity index is 1.61. The number of imide groups is 1. The first-order valence-electron chi connectivity index (χ1n) is 8.01. The molecule has 140 valence electrons. The predicted molar refractivity (Wildman–Crippen MR) is 117 cm³/mol. The largest absolute Gasteiger partial charge is 0.457 e. The summed E-state index contributed by atoms with van der Waals surface area (Å²) in [6.45, 7) is 0. The third-order valence-corrected chi connectivity index (χ3v) is 6.30. The van der Waals surface area contributed by atoms with E-state index < -0.39 is 5.91 Å². The summed E-state index contributed by atoms with van der Waals surface area (Å²) >= 11 is 16.3. The second-order valence-electron chi connectivity index (χ2n) is 5.83. The zero-order chi connectivity index (χ0) is 19.8. The average molecular weight is 495 g/mol. The second-order valence-corrected chi connectivity index (χ2v) is 8.52. The number of halogens is 3. The maximum Gasteiger partial charge on any atom is 0.298 e. The fraction of sp³-hybridized carbons (Fsp3) is 0. The number of amides is 2. The topological polar surface area (TPSA) is 50.5 Å². The molecular weight excluding hydrogens is 485 g/mol. The van der Waals surface area contributed by atoms with Gasteiger partial charge in [0.25, 0.3) is 11.1 Å². The van der Waals surface area contributed by atoms with Crippen molar-refractivity contribution in [3.05, 3.63) is 79.8 Å². The number of carbonyl (C=O) groups is 2. The van der Waals surface area contributed by atoms with Crippen LogP contribution in [0.2, 0.25) is 10.0 Å². The van der Waals surface area contributed by atoms with Crippen molar-refractivity contribution in [2.45, 2.75) is 0 Å². The molecule has 0 atom stereocenters. The van der Waals surface area contributed by atoms with E-state index in [9.17, 15) is 9.59 Å². The number of furan rings is 1. The Bertz CT molecular complexity index is 1140. The van der Waals surface area contributed by atoms with Crippen LogP contribution in [0.4, 0.5) is 10.5 Å². The van der Waals surface area contributed by atoms with Crippen molar-refractivity contribution in [1.82, 2.24) is 0 Å². The fourth-order valence-corrected chi connectivity index (χ4v) is 4.10. The van der Waals surface area contributed by atoms with Gasteiger partial charge in [-0.25, -0.2) is 4.90 Å². The van der Waals surface area contributed by atoms with E-state index in [1.807, 2.05) is 12.1 Å². The summed E-state index contributed by atoms with van der Waals surface area (Å²) in [6, 6.07) is 15.6. The highest BCUT2D eigenvalue weighted by Gasteiger charge is 2.36. The van der Waals surface area contributed by atoms with Gasteiger partial charge in [-0.3, -0.25) is 9.59 Å². The van der Waals surface area contributed by atoms with Crippen LogP contribution < -0.4 is 4.90 Å². The molecule has 0 radical (unpaired) electrons. The van der Waals surface area contributed by atoms with Gasteiger partial charge in [-0.15, -0.1) is 0 Å². The molecule has 28 heavy (non-hydrogen) atoms. The number of hydrogen-bond donors (Lipinski definition) is 0. The minimum Gasteiger partial charge on any atom is -0.457 e. The molecule has 0 spiro atoms. The van der Waals surface area contributed by atoms with Crippen LogP contribution in [-0.2, 0) is 4.79 Å². The predicted octanol–water partition coefficient (Wildman–Crippen LogP) is 7.26. The number of carbonyl (C=O) groups excluding carboxylic acids is 2. The number of anilines is 1. The van der Waals surface area contributed by atoms with Gasteiger partial charge in [0.05, 0.1) is 15.6 Å². The molecule has 4 rings (SSSR count). The standard InChI is InChI=1S/C20H10BrCl2NO3S/c21-15-6-4-11(8-16(15)23)17-7-5-14(27-17)10-18-19(25)24(20(26)28-18)13-3-1-2-12(22)9-13/h1-10H/b18-10+. The summed E-state index contributed by atoms with van der Waals surface area (Å²) in [4.78, 5) is 26.4. The number of nitrogens with zero attached hydrogens (tertiary/aromatic N) is 1. The number of thioether (sulfide) groups is 1. The van der Waals surface area contributed by atoms with Gasteiger partial charge in [0.2, 0.25) is 0 Å². The fourth-order valence-electron chi connectivity index (χ4n) is 2.67. The van der Waals surface area contributed by atoms with Crippen molar-refractivity contribution in [2.24, 2.45) is 0 Å². The van der Waals surface area contributed by atoms with Gasteiger partial charge in [-0.05, 0) is 70.2 Å². The van der Waals surface area contributed by atoms with Crippen molar-refractivity contribution in [1.29, 1.82) is 0 Å². The molecule has 8 heteroatoms. The molecule has 2 aromatic carbocycles. The lowest BCUT2D eigenvalue weighted by atomic mass is 10.2. The number of hydrogen-bond acceptors (Lipinski definition) is 4. The molecule has 2 heterocycles. The Kier molecular flexibility index (Phi) is 5.38. The van der Waals surface area contributed by atoms with E-state index in [0.29, 0.717) is 27.3 Å². The van der Waals surface area contributed by atoms with E-state index in [-0.39, 0.29) is 10.1 Å². The Labute approximate surface area is 183 Å². The minimum atomic E-state index is -0.415. The van der Waals surface area contributed by atoms with Crippen LogP contribution in [0.15, 0.2) is 68.4 Å². The summed E-state index contributed by atoms with van der Waals surface area (Å²) in [7, 11) is 0. The van der Waals surface area contributed by atoms with E-state index in [1.54, 1.807) is 48.5 Å². The highest BCUT2D eigenvalue weighted by atomic mass is 79.9. The maximum atomic E-state index is 12.7. The van der Waals surface area contributed by atoms with Crippen LogP contribution in [0, 0.1) is 0 Å². The molecule has 1 fully saturated rings. The number of rotatable bonds is 3. The van der Waals surface area contributed by atoms with Crippen LogP contribution in [0.3, 0.4) is 0 Å². The molecule has 1 aromatic heterocycles. The van der Waals surface area contributed by atoms with Gasteiger partial charge in [-0.2, -0.15) is 0 Å². The normalized spacial score (nSPS) is 15.7. The molecular formula is C20H10BrCl2NO3S. The molecule has 0 unspecified atom stereocenters. The minimum absolute atomic E-state index is 0.278. The van der Waals surface area contributed by atoms with Crippen molar-refractivity contribution >= 4 is 73.8 Å². The zero-order valence-corrected chi connectivity index (χ0v) is 17.9. The molecule has 1 aliphatic rings. The first kappa shape index (κ1) is 19.3. The van der Waals surface area contributed by atoms with Gasteiger partial charge >= 0.3 is 0 Å². The van der Waals surface area contributed by atoms with Gasteiger partial charge in [0.15, 0.2) is 0 Å².